The predicted molar refractivity (Wildman–Crippen MR) is 69.3 cm³/mol. The van der Waals surface area contributed by atoms with Gasteiger partial charge in [0.1, 0.15) is 5.82 Å². The molecule has 2 rings (SSSR count). The molecule has 4 heteroatoms. The van der Waals surface area contributed by atoms with Crippen molar-refractivity contribution < 1.29 is 9.90 Å². The van der Waals surface area contributed by atoms with Gasteiger partial charge in [0.2, 0.25) is 0 Å². The molecule has 0 aliphatic heterocycles. The largest absolute Gasteiger partial charge is 0.390 e. The normalized spacial score (nSPS) is 10.1. The Hall–Kier alpha value is -2.20. The number of rotatable bonds is 3. The number of hydrogen-bond donors (Lipinski definition) is 2. The zero-order valence-electron chi connectivity index (χ0n) is 10.1. The molecule has 0 spiro atoms. The van der Waals surface area contributed by atoms with Crippen LogP contribution in [0.5, 0.6) is 0 Å². The van der Waals surface area contributed by atoms with Gasteiger partial charge in [0.25, 0.3) is 5.91 Å². The lowest BCUT2D eigenvalue weighted by Crippen LogP contribution is -2.13. The van der Waals surface area contributed by atoms with E-state index in [-0.39, 0.29) is 12.5 Å². The van der Waals surface area contributed by atoms with Gasteiger partial charge >= 0.3 is 0 Å². The van der Waals surface area contributed by atoms with Crippen molar-refractivity contribution in [3.63, 3.8) is 0 Å². The predicted octanol–water partition coefficient (Wildman–Crippen LogP) is 2.13. The summed E-state index contributed by atoms with van der Waals surface area (Å²) in [7, 11) is 0. The molecule has 0 aliphatic carbocycles. The first-order valence-electron chi connectivity index (χ1n) is 5.64. The number of pyridine rings is 1. The molecule has 0 saturated carbocycles. The summed E-state index contributed by atoms with van der Waals surface area (Å²) in [6, 6.07) is 12.4. The molecule has 92 valence electrons. The van der Waals surface area contributed by atoms with Gasteiger partial charge in [-0.15, -0.1) is 0 Å². The SMILES string of the molecule is Cc1ccc(C(=O)Nc2cccc(CO)n2)cc1. The van der Waals surface area contributed by atoms with Gasteiger partial charge in [-0.2, -0.15) is 0 Å². The molecule has 2 aromatic rings. The van der Waals surface area contributed by atoms with E-state index in [1.54, 1.807) is 30.3 Å². The van der Waals surface area contributed by atoms with Crippen LogP contribution in [-0.2, 0) is 6.61 Å². The van der Waals surface area contributed by atoms with E-state index in [0.29, 0.717) is 17.1 Å². The standard InChI is InChI=1S/C14H14N2O2/c1-10-5-7-11(8-6-10)14(18)16-13-4-2-3-12(9-17)15-13/h2-8,17H,9H2,1H3,(H,15,16,18). The highest BCUT2D eigenvalue weighted by Gasteiger charge is 2.06. The highest BCUT2D eigenvalue weighted by molar-refractivity contribution is 6.03. The monoisotopic (exact) mass is 242 g/mol. The van der Waals surface area contributed by atoms with Crippen molar-refractivity contribution in [2.24, 2.45) is 0 Å². The van der Waals surface area contributed by atoms with Gasteiger partial charge in [0, 0.05) is 5.56 Å². The first kappa shape index (κ1) is 12.3. The fourth-order valence-corrected chi connectivity index (χ4v) is 1.53. The summed E-state index contributed by atoms with van der Waals surface area (Å²) in [4.78, 5) is 16.0. The van der Waals surface area contributed by atoms with Crippen molar-refractivity contribution in [3.05, 3.63) is 59.3 Å². The number of aryl methyl sites for hydroxylation is 1. The fraction of sp³-hybridized carbons (Fsp3) is 0.143. The van der Waals surface area contributed by atoms with Gasteiger partial charge in [-0.1, -0.05) is 23.8 Å². The minimum Gasteiger partial charge on any atom is -0.390 e. The average molecular weight is 242 g/mol. The van der Waals surface area contributed by atoms with Crippen LogP contribution in [0.3, 0.4) is 0 Å². The van der Waals surface area contributed by atoms with E-state index in [2.05, 4.69) is 10.3 Å². The minimum absolute atomic E-state index is 0.145. The smallest absolute Gasteiger partial charge is 0.256 e. The molecular weight excluding hydrogens is 228 g/mol. The lowest BCUT2D eigenvalue weighted by atomic mass is 10.1. The minimum atomic E-state index is -0.211. The quantitative estimate of drug-likeness (QED) is 0.866. The Labute approximate surface area is 105 Å². The number of aliphatic hydroxyl groups is 1. The van der Waals surface area contributed by atoms with E-state index in [0.717, 1.165) is 5.56 Å². The van der Waals surface area contributed by atoms with Crippen LogP contribution in [0.2, 0.25) is 0 Å². The first-order valence-corrected chi connectivity index (χ1v) is 5.64. The van der Waals surface area contributed by atoms with Crippen LogP contribution >= 0.6 is 0 Å². The lowest BCUT2D eigenvalue weighted by molar-refractivity contribution is 0.102. The second-order valence-corrected chi connectivity index (χ2v) is 3.99. The van der Waals surface area contributed by atoms with Crippen molar-refractivity contribution in [1.82, 2.24) is 4.98 Å². The summed E-state index contributed by atoms with van der Waals surface area (Å²) in [5.74, 6) is 0.227. The summed E-state index contributed by atoms with van der Waals surface area (Å²) < 4.78 is 0. The number of aromatic nitrogens is 1. The summed E-state index contributed by atoms with van der Waals surface area (Å²) in [5.41, 5.74) is 2.21. The number of aliphatic hydroxyl groups excluding tert-OH is 1. The molecule has 0 unspecified atom stereocenters. The van der Waals surface area contributed by atoms with Crippen LogP contribution in [0.25, 0.3) is 0 Å². The Bertz CT molecular complexity index is 550. The summed E-state index contributed by atoms with van der Waals surface area (Å²) in [6.45, 7) is 1.82. The van der Waals surface area contributed by atoms with E-state index in [9.17, 15) is 4.79 Å². The van der Waals surface area contributed by atoms with Crippen LogP contribution in [0.15, 0.2) is 42.5 Å². The zero-order chi connectivity index (χ0) is 13.0. The number of nitrogens with zero attached hydrogens (tertiary/aromatic N) is 1. The van der Waals surface area contributed by atoms with Gasteiger partial charge in [-0.05, 0) is 31.2 Å². The van der Waals surface area contributed by atoms with E-state index in [1.807, 2.05) is 19.1 Å². The number of carbonyl (C=O) groups is 1. The Morgan fingerprint density at radius 1 is 1.22 bits per heavy atom. The molecule has 0 aliphatic rings. The molecule has 2 N–H and O–H groups in total. The molecular formula is C14H14N2O2. The maximum atomic E-state index is 11.9. The topological polar surface area (TPSA) is 62.2 Å². The number of nitrogens with one attached hydrogen (secondary N) is 1. The Morgan fingerprint density at radius 3 is 2.61 bits per heavy atom. The summed E-state index contributed by atoms with van der Waals surface area (Å²) >= 11 is 0. The fourth-order valence-electron chi connectivity index (χ4n) is 1.53. The molecule has 18 heavy (non-hydrogen) atoms. The molecule has 0 radical (unpaired) electrons. The second-order valence-electron chi connectivity index (χ2n) is 3.99. The molecule has 0 atom stereocenters. The molecule has 1 aromatic heterocycles. The number of carbonyl (C=O) groups excluding carboxylic acids is 1. The van der Waals surface area contributed by atoms with Crippen molar-refractivity contribution in [2.75, 3.05) is 5.32 Å². The highest BCUT2D eigenvalue weighted by atomic mass is 16.3. The third-order valence-electron chi connectivity index (χ3n) is 2.52. The van der Waals surface area contributed by atoms with Gasteiger partial charge in [-0.25, -0.2) is 4.98 Å². The van der Waals surface area contributed by atoms with Crippen LogP contribution < -0.4 is 5.32 Å². The molecule has 0 bridgehead atoms. The number of benzene rings is 1. The van der Waals surface area contributed by atoms with Crippen molar-refractivity contribution in [2.45, 2.75) is 13.5 Å². The molecule has 0 fully saturated rings. The Morgan fingerprint density at radius 2 is 1.94 bits per heavy atom. The lowest BCUT2D eigenvalue weighted by Gasteiger charge is -2.05. The van der Waals surface area contributed by atoms with Gasteiger partial charge in [0.05, 0.1) is 12.3 Å². The van der Waals surface area contributed by atoms with Crippen LogP contribution in [0.1, 0.15) is 21.6 Å². The third-order valence-corrected chi connectivity index (χ3v) is 2.52. The molecule has 1 amide bonds. The Kier molecular flexibility index (Phi) is 3.69. The van der Waals surface area contributed by atoms with Crippen LogP contribution in [0, 0.1) is 6.92 Å². The molecule has 1 heterocycles. The van der Waals surface area contributed by atoms with E-state index >= 15 is 0 Å². The number of amides is 1. The summed E-state index contributed by atoms with van der Waals surface area (Å²) in [6.07, 6.45) is 0. The first-order chi connectivity index (χ1) is 8.69. The van der Waals surface area contributed by atoms with Crippen LogP contribution in [-0.4, -0.2) is 16.0 Å². The van der Waals surface area contributed by atoms with E-state index in [1.165, 1.54) is 0 Å². The molecule has 4 nitrogen and oxygen atoms in total. The van der Waals surface area contributed by atoms with Crippen molar-refractivity contribution >= 4 is 11.7 Å². The second kappa shape index (κ2) is 5.42. The van der Waals surface area contributed by atoms with E-state index < -0.39 is 0 Å². The molecule has 1 aromatic carbocycles. The van der Waals surface area contributed by atoms with Gasteiger partial charge in [0.15, 0.2) is 0 Å². The average Bonchev–Trinajstić information content (AvgIpc) is 2.39. The summed E-state index contributed by atoms with van der Waals surface area (Å²) in [5, 5.41) is 11.7. The van der Waals surface area contributed by atoms with Crippen molar-refractivity contribution in [1.29, 1.82) is 0 Å². The number of anilines is 1. The maximum Gasteiger partial charge on any atom is 0.256 e. The van der Waals surface area contributed by atoms with Crippen molar-refractivity contribution in [3.8, 4) is 0 Å². The zero-order valence-corrected chi connectivity index (χ0v) is 10.1. The van der Waals surface area contributed by atoms with Gasteiger partial charge in [-0.3, -0.25) is 4.79 Å². The highest BCUT2D eigenvalue weighted by Crippen LogP contribution is 2.09. The van der Waals surface area contributed by atoms with Crippen LogP contribution in [0.4, 0.5) is 5.82 Å². The maximum absolute atomic E-state index is 11.9. The van der Waals surface area contributed by atoms with Gasteiger partial charge < -0.3 is 10.4 Å². The van der Waals surface area contributed by atoms with E-state index in [4.69, 9.17) is 5.11 Å². The number of hydrogen-bond acceptors (Lipinski definition) is 3. The molecule has 0 saturated heterocycles. The third kappa shape index (κ3) is 2.93. The Balaban J connectivity index is 2.13.